The van der Waals surface area contributed by atoms with Gasteiger partial charge in [0.1, 0.15) is 5.76 Å². The van der Waals surface area contributed by atoms with Crippen LogP contribution in [0.2, 0.25) is 0 Å². The molecule has 3 rings (SSSR count). The Morgan fingerprint density at radius 1 is 1.33 bits per heavy atom. The number of unbranched alkanes of at least 4 members (excludes halogenated alkanes) is 1. The van der Waals surface area contributed by atoms with Crippen molar-refractivity contribution in [1.82, 2.24) is 25.4 Å². The van der Waals surface area contributed by atoms with E-state index in [1.807, 2.05) is 30.3 Å². The number of hydrogen-bond donors (Lipinski definition) is 1. The number of aryl methyl sites for hydroxylation is 1. The lowest BCUT2D eigenvalue weighted by atomic mass is 10.2. The standard InChI is InChI=1S/C18H22N6O2S/c1-3-4-10-15(17(25)19-16-11-13(2)26-21-16)27-18-20-22-23-24(18)12-14-8-6-5-7-9-14/h5-9,11,15H,3-4,10,12H2,1-2H3,(H,19,21,25). The van der Waals surface area contributed by atoms with Crippen LogP contribution in [-0.2, 0) is 11.3 Å². The van der Waals surface area contributed by atoms with Gasteiger partial charge < -0.3 is 9.84 Å². The zero-order valence-electron chi connectivity index (χ0n) is 15.3. The monoisotopic (exact) mass is 386 g/mol. The highest BCUT2D eigenvalue weighted by Gasteiger charge is 2.23. The van der Waals surface area contributed by atoms with E-state index in [2.05, 4.69) is 32.9 Å². The predicted octanol–water partition coefficient (Wildman–Crippen LogP) is 3.31. The third-order valence-electron chi connectivity index (χ3n) is 3.91. The quantitative estimate of drug-likeness (QED) is 0.563. The second-order valence-electron chi connectivity index (χ2n) is 6.17. The number of aromatic nitrogens is 5. The summed E-state index contributed by atoms with van der Waals surface area (Å²) >= 11 is 1.37. The van der Waals surface area contributed by atoms with E-state index in [1.54, 1.807) is 17.7 Å². The van der Waals surface area contributed by atoms with Gasteiger partial charge in [-0.2, -0.15) is 0 Å². The number of benzene rings is 1. The second kappa shape index (κ2) is 9.31. The predicted molar refractivity (Wildman–Crippen MR) is 102 cm³/mol. The number of tetrazole rings is 1. The van der Waals surface area contributed by atoms with Gasteiger partial charge in [-0.05, 0) is 29.3 Å². The van der Waals surface area contributed by atoms with Crippen molar-refractivity contribution in [1.29, 1.82) is 0 Å². The minimum absolute atomic E-state index is 0.129. The van der Waals surface area contributed by atoms with Gasteiger partial charge in [-0.25, -0.2) is 4.68 Å². The molecule has 0 bridgehead atoms. The molecule has 1 amide bonds. The van der Waals surface area contributed by atoms with Crippen LogP contribution < -0.4 is 5.32 Å². The van der Waals surface area contributed by atoms with Crippen molar-refractivity contribution in [3.8, 4) is 0 Å². The zero-order valence-corrected chi connectivity index (χ0v) is 16.1. The van der Waals surface area contributed by atoms with Crippen LogP contribution in [0.15, 0.2) is 46.1 Å². The molecule has 0 aliphatic rings. The number of anilines is 1. The third-order valence-corrected chi connectivity index (χ3v) is 5.15. The first-order valence-electron chi connectivity index (χ1n) is 8.86. The van der Waals surface area contributed by atoms with E-state index >= 15 is 0 Å². The molecule has 27 heavy (non-hydrogen) atoms. The molecular weight excluding hydrogens is 364 g/mol. The van der Waals surface area contributed by atoms with E-state index in [0.29, 0.717) is 23.3 Å². The molecular formula is C18H22N6O2S. The second-order valence-corrected chi connectivity index (χ2v) is 7.34. The van der Waals surface area contributed by atoms with E-state index in [9.17, 15) is 4.79 Å². The third kappa shape index (κ3) is 5.40. The van der Waals surface area contributed by atoms with Gasteiger partial charge in [0.25, 0.3) is 0 Å². The van der Waals surface area contributed by atoms with E-state index in [0.717, 1.165) is 24.8 Å². The number of amides is 1. The number of thioether (sulfide) groups is 1. The van der Waals surface area contributed by atoms with Gasteiger partial charge in [0, 0.05) is 6.07 Å². The molecule has 0 aliphatic heterocycles. The first-order valence-corrected chi connectivity index (χ1v) is 9.74. The first-order chi connectivity index (χ1) is 13.2. The van der Waals surface area contributed by atoms with E-state index < -0.39 is 0 Å². The Bertz CT molecular complexity index is 864. The average Bonchev–Trinajstić information content (AvgIpc) is 3.28. The van der Waals surface area contributed by atoms with Gasteiger partial charge in [-0.1, -0.05) is 67.0 Å². The highest BCUT2D eigenvalue weighted by Crippen LogP contribution is 2.26. The van der Waals surface area contributed by atoms with Gasteiger partial charge in [0.15, 0.2) is 5.82 Å². The van der Waals surface area contributed by atoms with Crippen molar-refractivity contribution < 1.29 is 9.32 Å². The maximum absolute atomic E-state index is 12.7. The Balaban J connectivity index is 1.71. The Hall–Kier alpha value is -2.68. The maximum Gasteiger partial charge on any atom is 0.239 e. The molecule has 1 atom stereocenters. The smallest absolute Gasteiger partial charge is 0.239 e. The van der Waals surface area contributed by atoms with Crippen molar-refractivity contribution in [2.24, 2.45) is 0 Å². The van der Waals surface area contributed by atoms with Gasteiger partial charge in [-0.15, -0.1) is 5.10 Å². The van der Waals surface area contributed by atoms with Gasteiger partial charge in [0.05, 0.1) is 11.8 Å². The minimum Gasteiger partial charge on any atom is -0.360 e. The van der Waals surface area contributed by atoms with Gasteiger partial charge in [0.2, 0.25) is 11.1 Å². The largest absolute Gasteiger partial charge is 0.360 e. The molecule has 0 saturated heterocycles. The number of carbonyl (C=O) groups is 1. The molecule has 3 aromatic rings. The number of nitrogens with zero attached hydrogens (tertiary/aromatic N) is 5. The summed E-state index contributed by atoms with van der Waals surface area (Å²) in [5.41, 5.74) is 1.10. The number of hydrogen-bond acceptors (Lipinski definition) is 7. The summed E-state index contributed by atoms with van der Waals surface area (Å²) < 4.78 is 6.72. The fraction of sp³-hybridized carbons (Fsp3) is 0.389. The molecule has 142 valence electrons. The summed E-state index contributed by atoms with van der Waals surface area (Å²) in [4.78, 5) is 12.7. The molecule has 0 radical (unpaired) electrons. The Labute approximate surface area is 161 Å². The summed E-state index contributed by atoms with van der Waals surface area (Å²) in [6, 6.07) is 11.6. The number of nitrogens with one attached hydrogen (secondary N) is 1. The van der Waals surface area contributed by atoms with Crippen molar-refractivity contribution in [2.75, 3.05) is 5.32 Å². The average molecular weight is 386 g/mol. The fourth-order valence-corrected chi connectivity index (χ4v) is 3.54. The Morgan fingerprint density at radius 3 is 2.85 bits per heavy atom. The van der Waals surface area contributed by atoms with Gasteiger partial charge in [-0.3, -0.25) is 4.79 Å². The topological polar surface area (TPSA) is 98.7 Å². The van der Waals surface area contributed by atoms with Crippen LogP contribution >= 0.6 is 11.8 Å². The highest BCUT2D eigenvalue weighted by molar-refractivity contribution is 8.00. The SMILES string of the molecule is CCCCC(Sc1nnnn1Cc1ccccc1)C(=O)Nc1cc(C)on1. The van der Waals surface area contributed by atoms with E-state index in [4.69, 9.17) is 4.52 Å². The Kier molecular flexibility index (Phi) is 6.59. The molecule has 1 aromatic carbocycles. The van der Waals surface area contributed by atoms with Crippen molar-refractivity contribution in [2.45, 2.75) is 50.1 Å². The Morgan fingerprint density at radius 2 is 2.15 bits per heavy atom. The number of rotatable bonds is 9. The number of carbonyl (C=O) groups excluding carboxylic acids is 1. The summed E-state index contributed by atoms with van der Waals surface area (Å²) in [6.07, 6.45) is 2.66. The molecule has 9 heteroatoms. The molecule has 0 fully saturated rings. The van der Waals surface area contributed by atoms with Gasteiger partial charge >= 0.3 is 0 Å². The molecule has 2 heterocycles. The zero-order chi connectivity index (χ0) is 19.1. The molecule has 0 aliphatic carbocycles. The highest BCUT2D eigenvalue weighted by atomic mass is 32.2. The summed E-state index contributed by atoms with van der Waals surface area (Å²) in [6.45, 7) is 4.44. The normalized spacial score (nSPS) is 12.1. The summed E-state index contributed by atoms with van der Waals surface area (Å²) in [7, 11) is 0. The molecule has 1 N–H and O–H groups in total. The molecule has 2 aromatic heterocycles. The molecule has 8 nitrogen and oxygen atoms in total. The van der Waals surface area contributed by atoms with E-state index in [1.165, 1.54) is 11.8 Å². The molecule has 0 spiro atoms. The van der Waals surface area contributed by atoms with Crippen LogP contribution in [0, 0.1) is 6.92 Å². The summed E-state index contributed by atoms with van der Waals surface area (Å²) in [5, 5.41) is 18.9. The van der Waals surface area contributed by atoms with Crippen molar-refractivity contribution >= 4 is 23.5 Å². The lowest BCUT2D eigenvalue weighted by Crippen LogP contribution is -2.26. The first kappa shape index (κ1) is 19.1. The molecule has 1 unspecified atom stereocenters. The fourth-order valence-electron chi connectivity index (χ4n) is 2.53. The van der Waals surface area contributed by atoms with Crippen molar-refractivity contribution in [3.63, 3.8) is 0 Å². The lowest BCUT2D eigenvalue weighted by Gasteiger charge is -2.14. The van der Waals surface area contributed by atoms with Crippen LogP contribution in [0.25, 0.3) is 0 Å². The molecule has 0 saturated carbocycles. The van der Waals surface area contributed by atoms with Crippen LogP contribution in [-0.4, -0.2) is 36.5 Å². The maximum atomic E-state index is 12.7. The minimum atomic E-state index is -0.317. The van der Waals surface area contributed by atoms with Crippen LogP contribution in [0.5, 0.6) is 0 Å². The summed E-state index contributed by atoms with van der Waals surface area (Å²) in [5.74, 6) is 0.939. The van der Waals surface area contributed by atoms with Crippen molar-refractivity contribution in [3.05, 3.63) is 47.7 Å². The van der Waals surface area contributed by atoms with E-state index in [-0.39, 0.29) is 11.2 Å². The lowest BCUT2D eigenvalue weighted by molar-refractivity contribution is -0.115. The van der Waals surface area contributed by atoms with Crippen LogP contribution in [0.3, 0.4) is 0 Å². The van der Waals surface area contributed by atoms with Crippen LogP contribution in [0.1, 0.15) is 37.5 Å². The van der Waals surface area contributed by atoms with Crippen LogP contribution in [0.4, 0.5) is 5.82 Å².